The van der Waals surface area contributed by atoms with E-state index in [4.69, 9.17) is 4.74 Å². The third-order valence-electron chi connectivity index (χ3n) is 4.71. The van der Waals surface area contributed by atoms with Gasteiger partial charge >= 0.3 is 0 Å². The number of pyridine rings is 1. The van der Waals surface area contributed by atoms with E-state index in [0.29, 0.717) is 19.7 Å². The Kier molecular flexibility index (Phi) is 6.77. The molecule has 0 spiro atoms. The highest BCUT2D eigenvalue weighted by molar-refractivity contribution is 7.89. The summed E-state index contributed by atoms with van der Waals surface area (Å²) in [6.07, 6.45) is 5.24. The Morgan fingerprint density at radius 2 is 2.00 bits per heavy atom. The van der Waals surface area contributed by atoms with Crippen LogP contribution in [0.1, 0.15) is 18.4 Å². The fourth-order valence-corrected chi connectivity index (χ4v) is 4.29. The zero-order valence-electron chi connectivity index (χ0n) is 15.9. The van der Waals surface area contributed by atoms with Gasteiger partial charge in [0.25, 0.3) is 0 Å². The Bertz CT molecular complexity index is 869. The van der Waals surface area contributed by atoms with E-state index in [-0.39, 0.29) is 23.5 Å². The molecule has 1 aliphatic heterocycles. The first-order valence-corrected chi connectivity index (χ1v) is 10.7. The summed E-state index contributed by atoms with van der Waals surface area (Å²) in [5, 5.41) is 0. The van der Waals surface area contributed by atoms with Crippen LogP contribution in [0.2, 0.25) is 0 Å². The first-order valence-electron chi connectivity index (χ1n) is 9.26. The predicted octanol–water partition coefficient (Wildman–Crippen LogP) is 1.91. The minimum absolute atomic E-state index is 0.0170. The number of carbonyl (C=O) groups is 1. The molecule has 1 aromatic heterocycles. The number of ether oxygens (including phenoxy) is 1. The molecular weight excluding hydrogens is 378 g/mol. The largest absolute Gasteiger partial charge is 0.376 e. The van der Waals surface area contributed by atoms with Crippen molar-refractivity contribution >= 4 is 15.9 Å². The van der Waals surface area contributed by atoms with Gasteiger partial charge in [-0.1, -0.05) is 24.3 Å². The van der Waals surface area contributed by atoms with Crippen molar-refractivity contribution in [3.05, 3.63) is 60.4 Å². The lowest BCUT2D eigenvalue weighted by molar-refractivity contribution is -0.133. The number of hydrogen-bond acceptors (Lipinski definition) is 5. The van der Waals surface area contributed by atoms with Crippen LogP contribution in [0, 0.1) is 0 Å². The van der Waals surface area contributed by atoms with Crippen molar-refractivity contribution in [1.29, 1.82) is 0 Å². The minimum Gasteiger partial charge on any atom is -0.376 e. The molecule has 0 aliphatic carbocycles. The number of nitrogens with zero attached hydrogens (tertiary/aromatic N) is 3. The summed E-state index contributed by atoms with van der Waals surface area (Å²) in [4.78, 5) is 18.9. The molecule has 2 aromatic rings. The van der Waals surface area contributed by atoms with E-state index < -0.39 is 10.0 Å². The molecule has 1 amide bonds. The van der Waals surface area contributed by atoms with Crippen LogP contribution < -0.4 is 0 Å². The van der Waals surface area contributed by atoms with Crippen molar-refractivity contribution in [2.24, 2.45) is 0 Å². The summed E-state index contributed by atoms with van der Waals surface area (Å²) >= 11 is 0. The Balaban J connectivity index is 1.72. The standard InChI is InChI=1S/C20H25N3O4S/c1-22(28(25,26)19-9-3-2-4-10-19)16-20(24)23(15-18-8-6-12-27-18)14-17-7-5-11-21-13-17/h2-5,7,9-11,13,18H,6,8,12,14-16H2,1H3. The van der Waals surface area contributed by atoms with E-state index in [0.717, 1.165) is 22.7 Å². The molecule has 1 fully saturated rings. The normalized spacial score (nSPS) is 17.0. The molecule has 1 saturated heterocycles. The molecule has 3 rings (SSSR count). The van der Waals surface area contributed by atoms with Crippen LogP contribution in [0.25, 0.3) is 0 Å². The number of benzene rings is 1. The van der Waals surface area contributed by atoms with Crippen molar-refractivity contribution in [3.63, 3.8) is 0 Å². The molecule has 0 radical (unpaired) electrons. The van der Waals surface area contributed by atoms with E-state index in [2.05, 4.69) is 4.98 Å². The number of amides is 1. The molecule has 0 saturated carbocycles. The van der Waals surface area contributed by atoms with E-state index in [1.54, 1.807) is 35.5 Å². The summed E-state index contributed by atoms with van der Waals surface area (Å²) in [6, 6.07) is 11.8. The maximum atomic E-state index is 13.0. The van der Waals surface area contributed by atoms with Crippen molar-refractivity contribution in [2.45, 2.75) is 30.4 Å². The number of aromatic nitrogens is 1. The van der Waals surface area contributed by atoms with Gasteiger partial charge in [0.15, 0.2) is 0 Å². The number of likely N-dealkylation sites (N-methyl/N-ethyl adjacent to an activating group) is 1. The Hall–Kier alpha value is -2.29. The summed E-state index contributed by atoms with van der Waals surface area (Å²) in [7, 11) is -2.30. The van der Waals surface area contributed by atoms with Crippen molar-refractivity contribution in [3.8, 4) is 0 Å². The van der Waals surface area contributed by atoms with Crippen LogP contribution in [0.4, 0.5) is 0 Å². The maximum Gasteiger partial charge on any atom is 0.243 e. The van der Waals surface area contributed by atoms with Crippen LogP contribution in [0.3, 0.4) is 0 Å². The molecule has 1 aliphatic rings. The second-order valence-corrected chi connectivity index (χ2v) is 8.89. The molecule has 8 heteroatoms. The van der Waals surface area contributed by atoms with Gasteiger partial charge in [-0.3, -0.25) is 9.78 Å². The zero-order chi connectivity index (χ0) is 20.0. The highest BCUT2D eigenvalue weighted by Crippen LogP contribution is 2.17. The Morgan fingerprint density at radius 1 is 1.21 bits per heavy atom. The van der Waals surface area contributed by atoms with Gasteiger partial charge in [-0.15, -0.1) is 0 Å². The highest BCUT2D eigenvalue weighted by Gasteiger charge is 2.27. The van der Waals surface area contributed by atoms with Gasteiger partial charge in [0, 0.05) is 39.1 Å². The first kappa shape index (κ1) is 20.4. The topological polar surface area (TPSA) is 79.8 Å². The van der Waals surface area contributed by atoms with Gasteiger partial charge in [0.1, 0.15) is 0 Å². The molecule has 1 aromatic carbocycles. The van der Waals surface area contributed by atoms with Gasteiger partial charge in [0.05, 0.1) is 17.5 Å². The quantitative estimate of drug-likeness (QED) is 0.673. The average Bonchev–Trinajstić information content (AvgIpc) is 3.22. The summed E-state index contributed by atoms with van der Waals surface area (Å²) in [6.45, 7) is 1.27. The van der Waals surface area contributed by atoms with Gasteiger partial charge < -0.3 is 9.64 Å². The van der Waals surface area contributed by atoms with Crippen LogP contribution in [-0.4, -0.2) is 61.4 Å². The smallest absolute Gasteiger partial charge is 0.243 e. The predicted molar refractivity (Wildman–Crippen MR) is 105 cm³/mol. The first-order chi connectivity index (χ1) is 13.5. The summed E-state index contributed by atoms with van der Waals surface area (Å²) in [5.41, 5.74) is 0.891. The Morgan fingerprint density at radius 3 is 2.64 bits per heavy atom. The number of hydrogen-bond donors (Lipinski definition) is 0. The minimum atomic E-state index is -3.73. The highest BCUT2D eigenvalue weighted by atomic mass is 32.2. The monoisotopic (exact) mass is 403 g/mol. The molecule has 0 bridgehead atoms. The van der Waals surface area contributed by atoms with Crippen LogP contribution in [-0.2, 0) is 26.1 Å². The summed E-state index contributed by atoms with van der Waals surface area (Å²) in [5.74, 6) is -0.263. The second kappa shape index (κ2) is 9.27. The zero-order valence-corrected chi connectivity index (χ0v) is 16.7. The van der Waals surface area contributed by atoms with Crippen LogP contribution in [0.5, 0.6) is 0 Å². The van der Waals surface area contributed by atoms with Gasteiger partial charge in [-0.05, 0) is 36.6 Å². The van der Waals surface area contributed by atoms with Crippen molar-refractivity contribution < 1.29 is 17.9 Å². The SMILES string of the molecule is CN(CC(=O)N(Cc1cccnc1)CC1CCCO1)S(=O)(=O)c1ccccc1. The number of rotatable bonds is 8. The fraction of sp³-hybridized carbons (Fsp3) is 0.400. The molecule has 28 heavy (non-hydrogen) atoms. The lowest BCUT2D eigenvalue weighted by atomic mass is 10.2. The maximum absolute atomic E-state index is 13.0. The van der Waals surface area contributed by atoms with E-state index in [1.165, 1.54) is 19.2 Å². The van der Waals surface area contributed by atoms with Crippen LogP contribution >= 0.6 is 0 Å². The van der Waals surface area contributed by atoms with Gasteiger partial charge in [-0.2, -0.15) is 4.31 Å². The number of carbonyl (C=O) groups excluding carboxylic acids is 1. The Labute approximate surface area is 166 Å². The van der Waals surface area contributed by atoms with E-state index in [1.807, 2.05) is 12.1 Å². The fourth-order valence-electron chi connectivity index (χ4n) is 3.15. The molecule has 0 N–H and O–H groups in total. The molecule has 150 valence electrons. The lowest BCUT2D eigenvalue weighted by Crippen LogP contribution is -2.43. The third-order valence-corrected chi connectivity index (χ3v) is 6.52. The third kappa shape index (κ3) is 5.15. The molecule has 1 unspecified atom stereocenters. The van der Waals surface area contributed by atoms with E-state index >= 15 is 0 Å². The molecule has 2 heterocycles. The average molecular weight is 404 g/mol. The number of sulfonamides is 1. The molecule has 7 nitrogen and oxygen atoms in total. The van der Waals surface area contributed by atoms with E-state index in [9.17, 15) is 13.2 Å². The molecule has 1 atom stereocenters. The van der Waals surface area contributed by atoms with Gasteiger partial charge in [0.2, 0.25) is 15.9 Å². The van der Waals surface area contributed by atoms with Crippen molar-refractivity contribution in [1.82, 2.24) is 14.2 Å². The van der Waals surface area contributed by atoms with Gasteiger partial charge in [-0.25, -0.2) is 8.42 Å². The lowest BCUT2D eigenvalue weighted by Gasteiger charge is -2.27. The van der Waals surface area contributed by atoms with Crippen molar-refractivity contribution in [2.75, 3.05) is 26.7 Å². The second-order valence-electron chi connectivity index (χ2n) is 6.84. The summed E-state index contributed by atoms with van der Waals surface area (Å²) < 4.78 is 32.2. The molecular formula is C20H25N3O4S. The van der Waals surface area contributed by atoms with Crippen LogP contribution in [0.15, 0.2) is 59.8 Å².